The highest BCUT2D eigenvalue weighted by molar-refractivity contribution is 5.87. The molecule has 0 aliphatic heterocycles. The zero-order valence-electron chi connectivity index (χ0n) is 11.7. The van der Waals surface area contributed by atoms with E-state index in [4.69, 9.17) is 0 Å². The molecule has 1 aliphatic carbocycles. The Morgan fingerprint density at radius 1 is 1.00 bits per heavy atom. The van der Waals surface area contributed by atoms with E-state index in [0.29, 0.717) is 0 Å². The summed E-state index contributed by atoms with van der Waals surface area (Å²) in [6, 6.07) is 13.6. The van der Waals surface area contributed by atoms with Crippen LogP contribution in [0.2, 0.25) is 0 Å². The average Bonchev–Trinajstić information content (AvgIpc) is 2.98. The van der Waals surface area contributed by atoms with Gasteiger partial charge < -0.3 is 0 Å². The molecule has 1 fully saturated rings. The van der Waals surface area contributed by atoms with Crippen LogP contribution in [-0.4, -0.2) is 0 Å². The Morgan fingerprint density at radius 3 is 2.58 bits per heavy atom. The zero-order chi connectivity index (χ0) is 13.1. The van der Waals surface area contributed by atoms with Crippen LogP contribution in [-0.2, 0) is 6.42 Å². The van der Waals surface area contributed by atoms with Crippen molar-refractivity contribution in [3.8, 4) is 0 Å². The molecule has 0 N–H and O–H groups in total. The summed E-state index contributed by atoms with van der Waals surface area (Å²) in [5, 5.41) is 2.86. The molecule has 1 radical (unpaired) electrons. The lowest BCUT2D eigenvalue weighted by molar-refractivity contribution is 0.706. The number of unbranched alkanes of at least 4 members (excludes halogenated alkanes) is 1. The second kappa shape index (κ2) is 5.77. The van der Waals surface area contributed by atoms with Crippen molar-refractivity contribution >= 4 is 10.8 Å². The maximum absolute atomic E-state index is 4.01. The first-order valence-corrected chi connectivity index (χ1v) is 7.70. The first-order chi connectivity index (χ1) is 9.40. The fraction of sp³-hybridized carbons (Fsp3) is 0.421. The highest BCUT2D eigenvalue weighted by Gasteiger charge is 2.20. The molecule has 3 rings (SSSR count). The van der Waals surface area contributed by atoms with Crippen LogP contribution in [0, 0.1) is 6.92 Å². The van der Waals surface area contributed by atoms with Crippen LogP contribution in [0.25, 0.3) is 10.8 Å². The van der Waals surface area contributed by atoms with E-state index in [0.717, 1.165) is 12.3 Å². The molecule has 0 spiro atoms. The Morgan fingerprint density at radius 2 is 1.79 bits per heavy atom. The van der Waals surface area contributed by atoms with Gasteiger partial charge >= 0.3 is 0 Å². The third-order valence-corrected chi connectivity index (χ3v) is 4.55. The minimum atomic E-state index is 0.810. The summed E-state index contributed by atoms with van der Waals surface area (Å²) in [5.41, 5.74) is 3.23. The van der Waals surface area contributed by atoms with E-state index in [-0.39, 0.29) is 0 Å². The number of rotatable bonds is 4. The maximum atomic E-state index is 4.01. The molecule has 0 amide bonds. The van der Waals surface area contributed by atoms with Crippen molar-refractivity contribution in [2.75, 3.05) is 0 Å². The normalized spacial score (nSPS) is 16.3. The smallest absolute Gasteiger partial charge is 0.0149 e. The van der Waals surface area contributed by atoms with Gasteiger partial charge in [-0.15, -0.1) is 0 Å². The third kappa shape index (κ3) is 2.54. The number of aryl methyl sites for hydroxylation is 1. The molecular formula is C19H23. The summed E-state index contributed by atoms with van der Waals surface area (Å²) in [4.78, 5) is 0. The second-order valence-electron chi connectivity index (χ2n) is 5.79. The summed E-state index contributed by atoms with van der Waals surface area (Å²) in [6.07, 6.45) is 9.02. The standard InChI is InChI=1S/C19H23/c1-2-3-11-19-17-12-7-6-10-16(17)13-14-18(19)15-8-4-5-9-15/h6-7,10,12-15H,1-5,8-9,11H2. The van der Waals surface area contributed by atoms with Crippen LogP contribution in [0.4, 0.5) is 0 Å². The fourth-order valence-electron chi connectivity index (χ4n) is 3.55. The molecule has 0 aromatic heterocycles. The molecular weight excluding hydrogens is 228 g/mol. The molecule has 0 unspecified atom stereocenters. The molecule has 0 atom stereocenters. The molecule has 19 heavy (non-hydrogen) atoms. The Bertz CT molecular complexity index is 547. The van der Waals surface area contributed by atoms with Crippen molar-refractivity contribution in [1.29, 1.82) is 0 Å². The lowest BCUT2D eigenvalue weighted by atomic mass is 9.87. The van der Waals surface area contributed by atoms with Crippen molar-refractivity contribution in [1.82, 2.24) is 0 Å². The molecule has 0 saturated heterocycles. The quantitative estimate of drug-likeness (QED) is 0.658. The molecule has 2 aromatic carbocycles. The number of hydrogen-bond acceptors (Lipinski definition) is 0. The molecule has 0 heterocycles. The summed E-state index contributed by atoms with van der Waals surface area (Å²) in [5.74, 6) is 0.810. The number of fused-ring (bicyclic) bond motifs is 1. The van der Waals surface area contributed by atoms with E-state index >= 15 is 0 Å². The number of benzene rings is 2. The van der Waals surface area contributed by atoms with E-state index in [1.165, 1.54) is 49.3 Å². The molecule has 99 valence electrons. The van der Waals surface area contributed by atoms with Crippen molar-refractivity contribution < 1.29 is 0 Å². The van der Waals surface area contributed by atoms with Crippen LogP contribution < -0.4 is 0 Å². The molecule has 0 heteroatoms. The van der Waals surface area contributed by atoms with Gasteiger partial charge in [-0.25, -0.2) is 0 Å². The van der Waals surface area contributed by atoms with E-state index in [1.54, 1.807) is 11.1 Å². The van der Waals surface area contributed by atoms with Crippen molar-refractivity contribution in [3.63, 3.8) is 0 Å². The SMILES string of the molecule is [CH2]CCCc1c(C2CCCC2)ccc2ccccc12. The minimum Gasteiger partial charge on any atom is -0.0616 e. The zero-order valence-corrected chi connectivity index (χ0v) is 11.7. The van der Waals surface area contributed by atoms with E-state index in [9.17, 15) is 0 Å². The number of hydrogen-bond donors (Lipinski definition) is 0. The largest absolute Gasteiger partial charge is 0.0616 e. The van der Waals surface area contributed by atoms with Crippen LogP contribution in [0.5, 0.6) is 0 Å². The van der Waals surface area contributed by atoms with Gasteiger partial charge in [-0.1, -0.05) is 62.6 Å². The average molecular weight is 251 g/mol. The summed E-state index contributed by atoms with van der Waals surface area (Å²) >= 11 is 0. The Hall–Kier alpha value is -1.30. The summed E-state index contributed by atoms with van der Waals surface area (Å²) in [6.45, 7) is 4.01. The van der Waals surface area contributed by atoms with Gasteiger partial charge in [0.05, 0.1) is 0 Å². The maximum Gasteiger partial charge on any atom is -0.0149 e. The predicted octanol–water partition coefficient (Wildman–Crippen LogP) is 5.65. The van der Waals surface area contributed by atoms with Gasteiger partial charge in [-0.3, -0.25) is 0 Å². The van der Waals surface area contributed by atoms with Crippen LogP contribution >= 0.6 is 0 Å². The van der Waals surface area contributed by atoms with Gasteiger partial charge in [0.1, 0.15) is 0 Å². The van der Waals surface area contributed by atoms with Crippen LogP contribution in [0.1, 0.15) is 55.6 Å². The van der Waals surface area contributed by atoms with E-state index in [1.807, 2.05) is 0 Å². The van der Waals surface area contributed by atoms with Crippen LogP contribution in [0.15, 0.2) is 36.4 Å². The Labute approximate surface area is 116 Å². The molecule has 0 nitrogen and oxygen atoms in total. The molecule has 2 aromatic rings. The molecule has 1 saturated carbocycles. The lowest BCUT2D eigenvalue weighted by Gasteiger charge is -2.18. The summed E-state index contributed by atoms with van der Waals surface area (Å²) < 4.78 is 0. The van der Waals surface area contributed by atoms with Gasteiger partial charge in [-0.2, -0.15) is 0 Å². The fourth-order valence-corrected chi connectivity index (χ4v) is 3.55. The third-order valence-electron chi connectivity index (χ3n) is 4.55. The van der Waals surface area contributed by atoms with Crippen molar-refractivity contribution in [2.45, 2.75) is 50.9 Å². The summed E-state index contributed by atoms with van der Waals surface area (Å²) in [7, 11) is 0. The van der Waals surface area contributed by atoms with Crippen molar-refractivity contribution in [3.05, 3.63) is 54.4 Å². The monoisotopic (exact) mass is 251 g/mol. The highest BCUT2D eigenvalue weighted by atomic mass is 14.2. The van der Waals surface area contributed by atoms with Crippen LogP contribution in [0.3, 0.4) is 0 Å². The Balaban J connectivity index is 2.08. The lowest BCUT2D eigenvalue weighted by Crippen LogP contribution is -2.00. The highest BCUT2D eigenvalue weighted by Crippen LogP contribution is 2.38. The van der Waals surface area contributed by atoms with Gasteiger partial charge in [-0.05, 0) is 53.5 Å². The first-order valence-electron chi connectivity index (χ1n) is 7.70. The van der Waals surface area contributed by atoms with Gasteiger partial charge in [0, 0.05) is 0 Å². The predicted molar refractivity (Wildman–Crippen MR) is 83.5 cm³/mol. The topological polar surface area (TPSA) is 0 Å². The minimum absolute atomic E-state index is 0.810. The van der Waals surface area contributed by atoms with E-state index < -0.39 is 0 Å². The molecule has 0 bridgehead atoms. The Kier molecular flexibility index (Phi) is 3.87. The molecule has 1 aliphatic rings. The first kappa shape index (κ1) is 12.7. The van der Waals surface area contributed by atoms with Gasteiger partial charge in [0.25, 0.3) is 0 Å². The second-order valence-corrected chi connectivity index (χ2v) is 5.79. The van der Waals surface area contributed by atoms with Gasteiger partial charge in [0.2, 0.25) is 0 Å². The van der Waals surface area contributed by atoms with Gasteiger partial charge in [0.15, 0.2) is 0 Å². The van der Waals surface area contributed by atoms with E-state index in [2.05, 4.69) is 43.3 Å². The van der Waals surface area contributed by atoms with Crippen molar-refractivity contribution in [2.24, 2.45) is 0 Å².